The number of nitrogens with zero attached hydrogens (tertiary/aromatic N) is 1. The fourth-order valence-corrected chi connectivity index (χ4v) is 3.19. The number of rotatable bonds is 1. The second-order valence-electron chi connectivity index (χ2n) is 2.83. The topological polar surface area (TPSA) is 23.8 Å². The predicted octanol–water partition coefficient (Wildman–Crippen LogP) is 4.38. The lowest BCUT2D eigenvalue weighted by molar-refractivity contribution is 1.29. The third-order valence-corrected chi connectivity index (χ3v) is 4.06. The Morgan fingerprint density at radius 1 is 1.50 bits per heavy atom. The van der Waals surface area contributed by atoms with Crippen LogP contribution in [0.15, 0.2) is 22.0 Å². The lowest BCUT2D eigenvalue weighted by atomic mass is 10.1. The Morgan fingerprint density at radius 2 is 2.29 bits per heavy atom. The quantitative estimate of drug-likeness (QED) is 0.763. The summed E-state index contributed by atoms with van der Waals surface area (Å²) in [5, 5.41) is 10.5. The van der Waals surface area contributed by atoms with Gasteiger partial charge in [0.2, 0.25) is 0 Å². The molecule has 0 radical (unpaired) electrons. The molecule has 0 bridgehead atoms. The molecule has 0 unspecified atom stereocenters. The average molecular weight is 287 g/mol. The van der Waals surface area contributed by atoms with E-state index in [9.17, 15) is 0 Å². The van der Waals surface area contributed by atoms with Crippen molar-refractivity contribution in [3.63, 3.8) is 0 Å². The first-order chi connectivity index (χ1) is 6.72. The Balaban J connectivity index is 2.75. The molecule has 2 aromatic rings. The molecule has 0 atom stereocenters. The Hall–Kier alpha value is -0.560. The Bertz CT molecular complexity index is 527. The first kappa shape index (κ1) is 9.97. The van der Waals surface area contributed by atoms with Crippen molar-refractivity contribution in [2.45, 2.75) is 6.42 Å². The zero-order valence-corrected chi connectivity index (χ0v) is 10.2. The van der Waals surface area contributed by atoms with Gasteiger partial charge < -0.3 is 0 Å². The molecule has 0 amide bonds. The standard InChI is InChI=1S/C10H5BrClNS/c11-9-5-7-6(3-4-13)1-2-8(12)10(7)14-9/h1-2,5H,3H2. The van der Waals surface area contributed by atoms with E-state index >= 15 is 0 Å². The predicted molar refractivity (Wildman–Crippen MR) is 63.9 cm³/mol. The number of halogens is 2. The number of nitriles is 1. The van der Waals surface area contributed by atoms with Crippen LogP contribution in [0.1, 0.15) is 5.56 Å². The summed E-state index contributed by atoms with van der Waals surface area (Å²) >= 11 is 11.1. The molecule has 0 fully saturated rings. The lowest BCUT2D eigenvalue weighted by Crippen LogP contribution is -1.81. The highest BCUT2D eigenvalue weighted by Gasteiger charge is 2.07. The van der Waals surface area contributed by atoms with Gasteiger partial charge in [0.25, 0.3) is 0 Å². The Kier molecular flexibility index (Phi) is 2.78. The second-order valence-corrected chi connectivity index (χ2v) is 5.67. The SMILES string of the molecule is N#CCc1ccc(Cl)c2sc(Br)cc12. The fourth-order valence-electron chi connectivity index (χ4n) is 1.36. The third-order valence-electron chi connectivity index (χ3n) is 1.97. The van der Waals surface area contributed by atoms with E-state index in [0.717, 1.165) is 24.5 Å². The molecule has 0 saturated carbocycles. The Morgan fingerprint density at radius 3 is 3.00 bits per heavy atom. The highest BCUT2D eigenvalue weighted by molar-refractivity contribution is 9.11. The maximum atomic E-state index is 8.66. The summed E-state index contributed by atoms with van der Waals surface area (Å²) in [6.07, 6.45) is 0.427. The Labute approximate surface area is 99.0 Å². The van der Waals surface area contributed by atoms with Crippen molar-refractivity contribution in [3.05, 3.63) is 32.6 Å². The minimum Gasteiger partial charge on any atom is -0.198 e. The minimum absolute atomic E-state index is 0.427. The molecule has 1 aromatic carbocycles. The van der Waals surface area contributed by atoms with Crippen molar-refractivity contribution in [2.24, 2.45) is 0 Å². The molecular formula is C10H5BrClNS. The van der Waals surface area contributed by atoms with Gasteiger partial charge in [-0.25, -0.2) is 0 Å². The van der Waals surface area contributed by atoms with Crippen molar-refractivity contribution in [2.75, 3.05) is 0 Å². The summed E-state index contributed by atoms with van der Waals surface area (Å²) in [6, 6.07) is 7.92. The van der Waals surface area contributed by atoms with Crippen LogP contribution in [0.3, 0.4) is 0 Å². The average Bonchev–Trinajstić information content (AvgIpc) is 2.53. The van der Waals surface area contributed by atoms with Gasteiger partial charge in [-0.15, -0.1) is 11.3 Å². The van der Waals surface area contributed by atoms with E-state index in [2.05, 4.69) is 22.0 Å². The zero-order chi connectivity index (χ0) is 10.1. The van der Waals surface area contributed by atoms with Crippen LogP contribution in [-0.2, 0) is 6.42 Å². The lowest BCUT2D eigenvalue weighted by Gasteiger charge is -1.98. The molecule has 70 valence electrons. The monoisotopic (exact) mass is 285 g/mol. The molecule has 1 heterocycles. The third kappa shape index (κ3) is 1.66. The van der Waals surface area contributed by atoms with Crippen molar-refractivity contribution >= 4 is 49.0 Å². The molecule has 1 nitrogen and oxygen atoms in total. The first-order valence-electron chi connectivity index (χ1n) is 3.95. The van der Waals surface area contributed by atoms with Gasteiger partial charge in [0.1, 0.15) is 0 Å². The van der Waals surface area contributed by atoms with Crippen LogP contribution in [0.25, 0.3) is 10.1 Å². The maximum Gasteiger partial charge on any atom is 0.0711 e. The van der Waals surface area contributed by atoms with Crippen LogP contribution in [0.2, 0.25) is 5.02 Å². The molecule has 0 aliphatic heterocycles. The molecule has 0 saturated heterocycles. The molecule has 0 aliphatic rings. The van der Waals surface area contributed by atoms with Crippen LogP contribution in [0.5, 0.6) is 0 Å². The van der Waals surface area contributed by atoms with Crippen LogP contribution in [0.4, 0.5) is 0 Å². The molecule has 14 heavy (non-hydrogen) atoms. The van der Waals surface area contributed by atoms with E-state index in [-0.39, 0.29) is 0 Å². The summed E-state index contributed by atoms with van der Waals surface area (Å²) in [7, 11) is 0. The minimum atomic E-state index is 0.427. The maximum absolute atomic E-state index is 8.66. The summed E-state index contributed by atoms with van der Waals surface area (Å²) in [5.74, 6) is 0. The van der Waals surface area contributed by atoms with Gasteiger partial charge in [0.15, 0.2) is 0 Å². The normalized spacial score (nSPS) is 10.4. The molecule has 0 spiro atoms. The van der Waals surface area contributed by atoms with E-state index in [4.69, 9.17) is 16.9 Å². The van der Waals surface area contributed by atoms with Gasteiger partial charge in [0.05, 0.1) is 26.0 Å². The molecule has 0 aliphatic carbocycles. The summed E-state index contributed by atoms with van der Waals surface area (Å²) in [4.78, 5) is 0. The van der Waals surface area contributed by atoms with E-state index in [1.807, 2.05) is 18.2 Å². The zero-order valence-electron chi connectivity index (χ0n) is 7.05. The van der Waals surface area contributed by atoms with Gasteiger partial charge in [-0.2, -0.15) is 5.26 Å². The van der Waals surface area contributed by atoms with Gasteiger partial charge in [-0.1, -0.05) is 17.7 Å². The number of thiophene rings is 1. The van der Waals surface area contributed by atoms with Crippen LogP contribution >= 0.6 is 38.9 Å². The molecular weight excluding hydrogens is 282 g/mol. The first-order valence-corrected chi connectivity index (χ1v) is 5.94. The van der Waals surface area contributed by atoms with Gasteiger partial charge in [0, 0.05) is 0 Å². The molecule has 1 aromatic heterocycles. The smallest absolute Gasteiger partial charge is 0.0711 e. The summed E-state index contributed by atoms with van der Waals surface area (Å²) in [5.41, 5.74) is 1.04. The van der Waals surface area contributed by atoms with Crippen molar-refractivity contribution in [3.8, 4) is 6.07 Å². The van der Waals surface area contributed by atoms with Crippen molar-refractivity contribution < 1.29 is 0 Å². The largest absolute Gasteiger partial charge is 0.198 e. The van der Waals surface area contributed by atoms with Crippen molar-refractivity contribution in [1.29, 1.82) is 5.26 Å². The van der Waals surface area contributed by atoms with E-state index in [1.54, 1.807) is 11.3 Å². The van der Waals surface area contributed by atoms with Gasteiger partial charge in [-0.05, 0) is 39.0 Å². The summed E-state index contributed by atoms with van der Waals surface area (Å²) < 4.78 is 2.09. The van der Waals surface area contributed by atoms with E-state index < -0.39 is 0 Å². The van der Waals surface area contributed by atoms with Crippen LogP contribution in [0, 0.1) is 11.3 Å². The molecule has 2 rings (SSSR count). The summed E-state index contributed by atoms with van der Waals surface area (Å²) in [6.45, 7) is 0. The second kappa shape index (κ2) is 3.90. The molecule has 0 N–H and O–H groups in total. The van der Waals surface area contributed by atoms with Gasteiger partial charge in [-0.3, -0.25) is 0 Å². The highest BCUT2D eigenvalue weighted by Crippen LogP contribution is 2.36. The van der Waals surface area contributed by atoms with Crippen molar-refractivity contribution in [1.82, 2.24) is 0 Å². The van der Waals surface area contributed by atoms with E-state index in [1.165, 1.54) is 0 Å². The fraction of sp³-hybridized carbons (Fsp3) is 0.100. The number of fused-ring (bicyclic) bond motifs is 1. The van der Waals surface area contributed by atoms with E-state index in [0.29, 0.717) is 6.42 Å². The number of benzene rings is 1. The highest BCUT2D eigenvalue weighted by atomic mass is 79.9. The number of hydrogen-bond donors (Lipinski definition) is 0. The van der Waals surface area contributed by atoms with Crippen LogP contribution in [-0.4, -0.2) is 0 Å². The van der Waals surface area contributed by atoms with Crippen LogP contribution < -0.4 is 0 Å². The number of hydrogen-bond acceptors (Lipinski definition) is 2. The van der Waals surface area contributed by atoms with Gasteiger partial charge >= 0.3 is 0 Å². The molecule has 4 heteroatoms.